The summed E-state index contributed by atoms with van der Waals surface area (Å²) in [5, 5.41) is 10.2. The Bertz CT molecular complexity index is 1020. The van der Waals surface area contributed by atoms with Gasteiger partial charge in [0.05, 0.1) is 38.4 Å². The molecule has 0 bridgehead atoms. The topological polar surface area (TPSA) is 106 Å². The predicted molar refractivity (Wildman–Crippen MR) is 142 cm³/mol. The first-order chi connectivity index (χ1) is 16.2. The number of amides is 2. The normalized spacial score (nSPS) is 18.1. The highest BCUT2D eigenvalue weighted by molar-refractivity contribution is 5.95. The molecule has 2 aromatic rings. The SMILES string of the molecule is C.C.COc1ccc(CN2CC(=O)NC[C](C)C(=O)C(C)CNC(=O)C2)cc1Cn1nc(C)cc1C. The van der Waals surface area contributed by atoms with Crippen LogP contribution in [0.25, 0.3) is 0 Å². The lowest BCUT2D eigenvalue weighted by Gasteiger charge is -2.24. The highest BCUT2D eigenvalue weighted by atomic mass is 16.5. The highest BCUT2D eigenvalue weighted by Gasteiger charge is 2.24. The second-order valence-corrected chi connectivity index (χ2v) is 9.00. The Kier molecular flexibility index (Phi) is 11.8. The molecule has 1 radical (unpaired) electrons. The number of ether oxygens (including phenoxy) is 1. The minimum atomic E-state index is -0.340. The van der Waals surface area contributed by atoms with Gasteiger partial charge in [-0.1, -0.05) is 27.8 Å². The van der Waals surface area contributed by atoms with Crippen molar-refractivity contribution in [3.63, 3.8) is 0 Å². The smallest absolute Gasteiger partial charge is 0.234 e. The minimum absolute atomic E-state index is 0. The molecule has 1 aliphatic heterocycles. The zero-order valence-corrected chi connectivity index (χ0v) is 20.6. The molecule has 9 nitrogen and oxygen atoms in total. The number of carbonyl (C=O) groups excluding carboxylic acids is 3. The monoisotopic (exact) mass is 500 g/mol. The molecule has 9 heteroatoms. The third kappa shape index (κ3) is 8.19. The number of ketones is 1. The largest absolute Gasteiger partial charge is 0.496 e. The molecule has 3 rings (SSSR count). The van der Waals surface area contributed by atoms with Crippen molar-refractivity contribution < 1.29 is 19.1 Å². The number of aryl methyl sites for hydroxylation is 2. The predicted octanol–water partition coefficient (Wildman–Crippen LogP) is 2.68. The van der Waals surface area contributed by atoms with Gasteiger partial charge in [-0.3, -0.25) is 24.0 Å². The Labute approximate surface area is 215 Å². The highest BCUT2D eigenvalue weighted by Crippen LogP contribution is 2.22. The molecule has 1 unspecified atom stereocenters. The summed E-state index contributed by atoms with van der Waals surface area (Å²) in [6, 6.07) is 7.89. The zero-order valence-electron chi connectivity index (χ0n) is 20.6. The Hall–Kier alpha value is -3.20. The maximum absolute atomic E-state index is 12.6. The lowest BCUT2D eigenvalue weighted by Crippen LogP contribution is -2.46. The van der Waals surface area contributed by atoms with Crippen molar-refractivity contribution in [2.24, 2.45) is 5.92 Å². The molecule has 36 heavy (non-hydrogen) atoms. The number of nitrogens with one attached hydrogen (secondary N) is 2. The molecular weight excluding hydrogens is 458 g/mol. The van der Waals surface area contributed by atoms with Gasteiger partial charge in [-0.15, -0.1) is 0 Å². The van der Waals surface area contributed by atoms with E-state index >= 15 is 0 Å². The number of aromatic nitrogens is 2. The fourth-order valence-electron chi connectivity index (χ4n) is 4.09. The zero-order chi connectivity index (χ0) is 24.8. The molecular formula is C27H42N5O4. The maximum atomic E-state index is 12.6. The molecule has 199 valence electrons. The second kappa shape index (κ2) is 13.8. The standard InChI is InChI=1S/C25H34N5O4.2CH4/c1-16-10-26-23(31)14-29(15-24(32)27-11-17(2)25(16)33)12-20-6-7-22(34-5)21(9-20)13-30-19(4)8-18(3)28-30;;/h6-9,16H,10-15H2,1-5H3,(H,26,31)(H,27,32);2*1H4. The van der Waals surface area contributed by atoms with Crippen LogP contribution in [0.3, 0.4) is 0 Å². The molecule has 0 aliphatic carbocycles. The van der Waals surface area contributed by atoms with E-state index in [9.17, 15) is 14.4 Å². The van der Waals surface area contributed by atoms with Crippen LogP contribution in [0.1, 0.15) is 51.2 Å². The molecule has 1 aliphatic rings. The van der Waals surface area contributed by atoms with Crippen molar-refractivity contribution in [2.45, 2.75) is 55.6 Å². The van der Waals surface area contributed by atoms with E-state index in [1.807, 2.05) is 42.8 Å². The third-order valence-electron chi connectivity index (χ3n) is 5.93. The minimum Gasteiger partial charge on any atom is -0.496 e. The van der Waals surface area contributed by atoms with Crippen LogP contribution in [0.2, 0.25) is 0 Å². The Morgan fingerprint density at radius 3 is 2.28 bits per heavy atom. The Morgan fingerprint density at radius 2 is 1.67 bits per heavy atom. The van der Waals surface area contributed by atoms with Crippen LogP contribution in [0, 0.1) is 25.7 Å². The maximum Gasteiger partial charge on any atom is 0.234 e. The average molecular weight is 501 g/mol. The lowest BCUT2D eigenvalue weighted by molar-refractivity contribution is -0.126. The first-order valence-corrected chi connectivity index (χ1v) is 11.5. The van der Waals surface area contributed by atoms with E-state index in [2.05, 4.69) is 15.7 Å². The lowest BCUT2D eigenvalue weighted by atomic mass is 9.95. The van der Waals surface area contributed by atoms with Crippen molar-refractivity contribution >= 4 is 17.6 Å². The fraction of sp³-hybridized carbons (Fsp3) is 0.519. The van der Waals surface area contributed by atoms with E-state index in [0.717, 1.165) is 28.3 Å². The number of nitrogens with zero attached hydrogens (tertiary/aromatic N) is 3. The van der Waals surface area contributed by atoms with Gasteiger partial charge < -0.3 is 15.4 Å². The van der Waals surface area contributed by atoms with Crippen LogP contribution in [-0.2, 0) is 27.5 Å². The Morgan fingerprint density at radius 1 is 1.00 bits per heavy atom. The number of hydrogen-bond donors (Lipinski definition) is 2. The van der Waals surface area contributed by atoms with Gasteiger partial charge in [0, 0.05) is 36.8 Å². The Balaban J connectivity index is 0.00000324. The summed E-state index contributed by atoms with van der Waals surface area (Å²) < 4.78 is 7.48. The summed E-state index contributed by atoms with van der Waals surface area (Å²) in [6.07, 6.45) is 0. The van der Waals surface area contributed by atoms with Crippen LogP contribution in [-0.4, -0.2) is 65.6 Å². The number of benzene rings is 1. The van der Waals surface area contributed by atoms with Crippen molar-refractivity contribution in [3.05, 3.63) is 52.7 Å². The van der Waals surface area contributed by atoms with Crippen LogP contribution in [0.4, 0.5) is 0 Å². The summed E-state index contributed by atoms with van der Waals surface area (Å²) in [5.74, 6) is 0.488. The summed E-state index contributed by atoms with van der Waals surface area (Å²) in [7, 11) is 1.63. The van der Waals surface area contributed by atoms with Crippen molar-refractivity contribution in [3.8, 4) is 5.75 Å². The molecule has 1 fully saturated rings. The van der Waals surface area contributed by atoms with Gasteiger partial charge in [0.15, 0.2) is 0 Å². The van der Waals surface area contributed by atoms with Crippen molar-refractivity contribution in [2.75, 3.05) is 33.3 Å². The molecule has 1 aromatic heterocycles. The number of carbonyl (C=O) groups is 3. The average Bonchev–Trinajstić information content (AvgIpc) is 3.11. The first kappa shape index (κ1) is 30.8. The van der Waals surface area contributed by atoms with E-state index < -0.39 is 0 Å². The van der Waals surface area contributed by atoms with E-state index in [4.69, 9.17) is 4.74 Å². The number of hydrogen-bond acceptors (Lipinski definition) is 6. The summed E-state index contributed by atoms with van der Waals surface area (Å²) in [6.45, 7) is 9.00. The number of methoxy groups -OCH3 is 1. The van der Waals surface area contributed by atoms with Gasteiger partial charge in [0.25, 0.3) is 0 Å². The molecule has 2 amide bonds. The second-order valence-electron chi connectivity index (χ2n) is 9.00. The van der Waals surface area contributed by atoms with Crippen LogP contribution < -0.4 is 15.4 Å². The quantitative estimate of drug-likeness (QED) is 0.654. The first-order valence-electron chi connectivity index (χ1n) is 11.5. The van der Waals surface area contributed by atoms with Crippen LogP contribution in [0.15, 0.2) is 24.3 Å². The fourth-order valence-corrected chi connectivity index (χ4v) is 4.09. The van der Waals surface area contributed by atoms with E-state index in [-0.39, 0.29) is 64.5 Å². The van der Waals surface area contributed by atoms with E-state index in [1.165, 1.54) is 0 Å². The van der Waals surface area contributed by atoms with Gasteiger partial charge >= 0.3 is 0 Å². The van der Waals surface area contributed by atoms with Gasteiger partial charge in [0.2, 0.25) is 11.8 Å². The summed E-state index contributed by atoms with van der Waals surface area (Å²) in [4.78, 5) is 39.2. The van der Waals surface area contributed by atoms with Gasteiger partial charge in [0.1, 0.15) is 11.5 Å². The molecule has 2 heterocycles. The van der Waals surface area contributed by atoms with Gasteiger partial charge in [-0.05, 0) is 44.5 Å². The van der Waals surface area contributed by atoms with Gasteiger partial charge in [-0.25, -0.2) is 0 Å². The molecule has 0 saturated carbocycles. The molecule has 0 spiro atoms. The van der Waals surface area contributed by atoms with E-state index in [0.29, 0.717) is 19.0 Å². The molecule has 1 atom stereocenters. The molecule has 1 aromatic carbocycles. The van der Waals surface area contributed by atoms with E-state index in [1.54, 1.807) is 25.9 Å². The van der Waals surface area contributed by atoms with Crippen molar-refractivity contribution in [1.82, 2.24) is 25.3 Å². The van der Waals surface area contributed by atoms with Gasteiger partial charge in [-0.2, -0.15) is 5.10 Å². The number of Topliss-reactive ketones (excluding diaryl/α,β-unsaturated/α-hetero) is 1. The summed E-state index contributed by atoms with van der Waals surface area (Å²) >= 11 is 0. The number of rotatable bonds is 5. The van der Waals surface area contributed by atoms with Crippen LogP contribution in [0.5, 0.6) is 5.75 Å². The van der Waals surface area contributed by atoms with Crippen LogP contribution >= 0.6 is 0 Å². The third-order valence-corrected chi connectivity index (χ3v) is 5.93. The van der Waals surface area contributed by atoms with Crippen molar-refractivity contribution in [1.29, 1.82) is 0 Å². The molecule has 2 N–H and O–H groups in total. The molecule has 1 saturated heterocycles. The summed E-state index contributed by atoms with van der Waals surface area (Å²) in [5.41, 5.74) is 3.93.